The molecule has 0 aromatic heterocycles. The zero-order valence-electron chi connectivity index (χ0n) is 13.2. The Hall–Kier alpha value is -1.26. The van der Waals surface area contributed by atoms with Crippen LogP contribution in [-0.2, 0) is 14.3 Å². The van der Waals surface area contributed by atoms with Crippen molar-refractivity contribution in [3.05, 3.63) is 0 Å². The third-order valence-electron chi connectivity index (χ3n) is 2.80. The molecule has 1 amide bonds. The molecule has 0 aliphatic carbocycles. The van der Waals surface area contributed by atoms with Crippen molar-refractivity contribution in [2.45, 2.75) is 65.8 Å². The summed E-state index contributed by atoms with van der Waals surface area (Å²) in [6, 6.07) is -0.625. The molecular weight excluding hydrogens is 258 g/mol. The van der Waals surface area contributed by atoms with Crippen LogP contribution in [-0.4, -0.2) is 31.3 Å². The number of hydrogen-bond donors (Lipinski definition) is 1. The summed E-state index contributed by atoms with van der Waals surface area (Å²) in [5, 5.41) is 2.57. The molecule has 1 N–H and O–H groups in total. The van der Waals surface area contributed by atoms with E-state index < -0.39 is 12.1 Å². The summed E-state index contributed by atoms with van der Waals surface area (Å²) < 4.78 is 10.0. The van der Waals surface area contributed by atoms with Crippen LogP contribution in [0.1, 0.15) is 59.8 Å². The number of carbonyl (C=O) groups excluding carboxylic acids is 2. The molecule has 0 fully saturated rings. The Kier molecular flexibility index (Phi) is 10.8. The van der Waals surface area contributed by atoms with E-state index in [-0.39, 0.29) is 18.5 Å². The van der Waals surface area contributed by atoms with Gasteiger partial charge in [-0.05, 0) is 25.7 Å². The molecule has 0 saturated heterocycles. The van der Waals surface area contributed by atoms with Gasteiger partial charge in [-0.1, -0.05) is 40.0 Å². The molecule has 1 atom stereocenters. The van der Waals surface area contributed by atoms with Crippen LogP contribution in [0.4, 0.5) is 4.79 Å². The highest BCUT2D eigenvalue weighted by atomic mass is 16.6. The lowest BCUT2D eigenvalue weighted by atomic mass is 10.0. The molecule has 20 heavy (non-hydrogen) atoms. The summed E-state index contributed by atoms with van der Waals surface area (Å²) in [7, 11) is 0. The molecule has 0 rings (SSSR count). The van der Waals surface area contributed by atoms with E-state index in [9.17, 15) is 9.59 Å². The first-order valence-electron chi connectivity index (χ1n) is 7.61. The number of alkyl carbamates (subject to hydrolysis) is 1. The number of hydrogen-bond acceptors (Lipinski definition) is 4. The molecule has 0 aliphatic rings. The largest absolute Gasteiger partial charge is 0.464 e. The summed E-state index contributed by atoms with van der Waals surface area (Å²) in [6.07, 6.45) is 4.20. The first-order chi connectivity index (χ1) is 9.51. The highest BCUT2D eigenvalue weighted by molar-refractivity contribution is 5.81. The van der Waals surface area contributed by atoms with Gasteiger partial charge in [0.2, 0.25) is 0 Å². The first kappa shape index (κ1) is 18.7. The van der Waals surface area contributed by atoms with Crippen LogP contribution in [0, 0.1) is 5.92 Å². The number of carbonyl (C=O) groups is 2. The lowest BCUT2D eigenvalue weighted by Crippen LogP contribution is -2.43. The predicted molar refractivity (Wildman–Crippen MR) is 78.5 cm³/mol. The average molecular weight is 287 g/mol. The normalized spacial score (nSPS) is 12.1. The quantitative estimate of drug-likeness (QED) is 0.495. The maximum absolute atomic E-state index is 12.0. The Balaban J connectivity index is 4.16. The average Bonchev–Trinajstić information content (AvgIpc) is 2.37. The van der Waals surface area contributed by atoms with Crippen LogP contribution < -0.4 is 5.32 Å². The summed E-state index contributed by atoms with van der Waals surface area (Å²) in [5.41, 5.74) is 0. The lowest BCUT2D eigenvalue weighted by Gasteiger charge is -2.19. The van der Waals surface area contributed by atoms with Crippen LogP contribution >= 0.6 is 0 Å². The fraction of sp³-hybridized carbons (Fsp3) is 0.867. The van der Waals surface area contributed by atoms with Crippen LogP contribution in [0.2, 0.25) is 0 Å². The van der Waals surface area contributed by atoms with Crippen molar-refractivity contribution >= 4 is 12.1 Å². The van der Waals surface area contributed by atoms with E-state index in [2.05, 4.69) is 12.2 Å². The molecule has 0 saturated carbocycles. The van der Waals surface area contributed by atoms with Crippen molar-refractivity contribution in [3.63, 3.8) is 0 Å². The third kappa shape index (κ3) is 9.64. The van der Waals surface area contributed by atoms with E-state index >= 15 is 0 Å². The second-order valence-electron chi connectivity index (χ2n) is 5.28. The van der Waals surface area contributed by atoms with Gasteiger partial charge in [0, 0.05) is 0 Å². The minimum Gasteiger partial charge on any atom is -0.464 e. The number of esters is 1. The molecule has 0 spiro atoms. The Morgan fingerprint density at radius 1 is 1.05 bits per heavy atom. The molecule has 0 aliphatic heterocycles. The lowest BCUT2D eigenvalue weighted by molar-refractivity contribution is -0.146. The van der Waals surface area contributed by atoms with E-state index in [4.69, 9.17) is 9.47 Å². The molecule has 5 heteroatoms. The molecule has 118 valence electrons. The number of rotatable bonds is 10. The second-order valence-corrected chi connectivity index (χ2v) is 5.28. The van der Waals surface area contributed by atoms with Crippen molar-refractivity contribution < 1.29 is 19.1 Å². The van der Waals surface area contributed by atoms with Gasteiger partial charge in [0.15, 0.2) is 0 Å². The molecule has 5 nitrogen and oxygen atoms in total. The molecule has 0 bridgehead atoms. The number of ether oxygens (including phenoxy) is 2. The SMILES string of the molecule is CCCCCCOC(=O)[C@H](CC(C)C)NC(=O)OCC. The van der Waals surface area contributed by atoms with Gasteiger partial charge in [-0.15, -0.1) is 0 Å². The van der Waals surface area contributed by atoms with Crippen LogP contribution in [0.3, 0.4) is 0 Å². The summed E-state index contributed by atoms with van der Waals surface area (Å²) in [4.78, 5) is 23.4. The summed E-state index contributed by atoms with van der Waals surface area (Å²) in [5.74, 6) is -0.0854. The first-order valence-corrected chi connectivity index (χ1v) is 7.61. The standard InChI is InChI=1S/C15H29NO4/c1-5-7-8-9-10-20-14(17)13(11-12(3)4)16-15(18)19-6-2/h12-13H,5-11H2,1-4H3,(H,16,18)/t13-/m0/s1. The van der Waals surface area contributed by atoms with Gasteiger partial charge in [-0.3, -0.25) is 0 Å². The number of amides is 1. The van der Waals surface area contributed by atoms with E-state index in [0.717, 1.165) is 25.7 Å². The summed E-state index contributed by atoms with van der Waals surface area (Å²) >= 11 is 0. The minimum atomic E-state index is -0.625. The van der Waals surface area contributed by atoms with Crippen molar-refractivity contribution in [2.24, 2.45) is 5.92 Å². The zero-order valence-corrected chi connectivity index (χ0v) is 13.2. The van der Waals surface area contributed by atoms with E-state index in [0.29, 0.717) is 13.0 Å². The minimum absolute atomic E-state index is 0.284. The highest BCUT2D eigenvalue weighted by Crippen LogP contribution is 2.08. The van der Waals surface area contributed by atoms with E-state index in [1.807, 2.05) is 13.8 Å². The van der Waals surface area contributed by atoms with Crippen molar-refractivity contribution in [1.82, 2.24) is 5.32 Å². The van der Waals surface area contributed by atoms with Crippen molar-refractivity contribution in [2.75, 3.05) is 13.2 Å². The van der Waals surface area contributed by atoms with Gasteiger partial charge in [0.1, 0.15) is 6.04 Å². The van der Waals surface area contributed by atoms with E-state index in [1.165, 1.54) is 0 Å². The molecule has 0 heterocycles. The maximum Gasteiger partial charge on any atom is 0.407 e. The van der Waals surface area contributed by atoms with Crippen molar-refractivity contribution in [3.8, 4) is 0 Å². The highest BCUT2D eigenvalue weighted by Gasteiger charge is 2.23. The molecular formula is C15H29NO4. The van der Waals surface area contributed by atoms with Gasteiger partial charge >= 0.3 is 12.1 Å². The predicted octanol–water partition coefficient (Wildman–Crippen LogP) is 3.27. The van der Waals surface area contributed by atoms with E-state index in [1.54, 1.807) is 6.92 Å². The van der Waals surface area contributed by atoms with Gasteiger partial charge < -0.3 is 14.8 Å². The molecule has 0 radical (unpaired) electrons. The molecule has 0 aromatic carbocycles. The number of unbranched alkanes of at least 4 members (excludes halogenated alkanes) is 3. The topological polar surface area (TPSA) is 64.6 Å². The van der Waals surface area contributed by atoms with Crippen LogP contribution in [0.15, 0.2) is 0 Å². The maximum atomic E-state index is 12.0. The molecule has 0 unspecified atom stereocenters. The third-order valence-corrected chi connectivity index (χ3v) is 2.80. The fourth-order valence-electron chi connectivity index (χ4n) is 1.80. The van der Waals surface area contributed by atoms with Gasteiger partial charge in [0.25, 0.3) is 0 Å². The Labute approximate surface area is 122 Å². The van der Waals surface area contributed by atoms with Crippen molar-refractivity contribution in [1.29, 1.82) is 0 Å². The van der Waals surface area contributed by atoms with Gasteiger partial charge in [-0.2, -0.15) is 0 Å². The Bertz CT molecular complexity index is 279. The monoisotopic (exact) mass is 287 g/mol. The molecule has 0 aromatic rings. The zero-order chi connectivity index (χ0) is 15.4. The Morgan fingerprint density at radius 2 is 1.75 bits per heavy atom. The number of nitrogens with one attached hydrogen (secondary N) is 1. The fourth-order valence-corrected chi connectivity index (χ4v) is 1.80. The van der Waals surface area contributed by atoms with Gasteiger partial charge in [-0.25, -0.2) is 9.59 Å². The second kappa shape index (κ2) is 11.6. The summed E-state index contributed by atoms with van der Waals surface area (Å²) in [6.45, 7) is 8.55. The van der Waals surface area contributed by atoms with Crippen LogP contribution in [0.25, 0.3) is 0 Å². The smallest absolute Gasteiger partial charge is 0.407 e. The van der Waals surface area contributed by atoms with Gasteiger partial charge in [0.05, 0.1) is 13.2 Å². The van der Waals surface area contributed by atoms with Crippen LogP contribution in [0.5, 0.6) is 0 Å². The Morgan fingerprint density at radius 3 is 2.30 bits per heavy atom.